The standard InChI is InChI=1S/C7H9BrN2S/c8-7-9-6(10-11-7)4-5-2-1-3-5/h5H,1-4H2. The van der Waals surface area contributed by atoms with Gasteiger partial charge in [0.25, 0.3) is 0 Å². The quantitative estimate of drug-likeness (QED) is 0.784. The maximum absolute atomic E-state index is 4.26. The van der Waals surface area contributed by atoms with E-state index in [0.717, 1.165) is 22.1 Å². The first-order valence-electron chi connectivity index (χ1n) is 3.82. The third-order valence-electron chi connectivity index (χ3n) is 2.14. The van der Waals surface area contributed by atoms with Crippen molar-refractivity contribution in [3.63, 3.8) is 0 Å². The van der Waals surface area contributed by atoms with Gasteiger partial charge in [-0.1, -0.05) is 19.3 Å². The van der Waals surface area contributed by atoms with Crippen molar-refractivity contribution in [3.8, 4) is 0 Å². The minimum atomic E-state index is 0.872. The van der Waals surface area contributed by atoms with Gasteiger partial charge in [-0.25, -0.2) is 4.98 Å². The van der Waals surface area contributed by atoms with Crippen LogP contribution in [0.4, 0.5) is 0 Å². The number of rotatable bonds is 2. The van der Waals surface area contributed by atoms with Crippen LogP contribution in [0.5, 0.6) is 0 Å². The molecule has 60 valence electrons. The number of hydrogen-bond acceptors (Lipinski definition) is 3. The lowest BCUT2D eigenvalue weighted by atomic mass is 9.83. The Balaban J connectivity index is 1.95. The van der Waals surface area contributed by atoms with Crippen LogP contribution < -0.4 is 0 Å². The van der Waals surface area contributed by atoms with E-state index < -0.39 is 0 Å². The van der Waals surface area contributed by atoms with Crippen LogP contribution in [-0.4, -0.2) is 9.36 Å². The molecule has 0 aliphatic heterocycles. The van der Waals surface area contributed by atoms with E-state index in [1.165, 1.54) is 30.8 Å². The fraction of sp³-hybridized carbons (Fsp3) is 0.714. The summed E-state index contributed by atoms with van der Waals surface area (Å²) in [5.41, 5.74) is 0. The molecule has 2 rings (SSSR count). The summed E-state index contributed by atoms with van der Waals surface area (Å²) in [5, 5.41) is 0. The summed E-state index contributed by atoms with van der Waals surface area (Å²) in [6.07, 6.45) is 5.23. The molecule has 0 radical (unpaired) electrons. The lowest BCUT2D eigenvalue weighted by Gasteiger charge is -2.23. The number of nitrogens with zero attached hydrogens (tertiary/aromatic N) is 2. The minimum Gasteiger partial charge on any atom is -0.212 e. The van der Waals surface area contributed by atoms with Gasteiger partial charge in [0.2, 0.25) is 0 Å². The largest absolute Gasteiger partial charge is 0.212 e. The van der Waals surface area contributed by atoms with E-state index in [4.69, 9.17) is 0 Å². The normalized spacial score (nSPS) is 18.3. The highest BCUT2D eigenvalue weighted by molar-refractivity contribution is 9.11. The first-order chi connectivity index (χ1) is 5.34. The summed E-state index contributed by atoms with van der Waals surface area (Å²) in [4.78, 5) is 4.26. The van der Waals surface area contributed by atoms with Gasteiger partial charge in [0.15, 0.2) is 3.92 Å². The second kappa shape index (κ2) is 3.19. The fourth-order valence-corrected chi connectivity index (χ4v) is 2.13. The third kappa shape index (κ3) is 1.79. The molecule has 1 heterocycles. The molecule has 0 spiro atoms. The average Bonchev–Trinajstić information content (AvgIpc) is 2.27. The number of halogens is 1. The maximum atomic E-state index is 4.26. The molecule has 4 heteroatoms. The average molecular weight is 233 g/mol. The van der Waals surface area contributed by atoms with Crippen LogP contribution >= 0.6 is 27.5 Å². The maximum Gasteiger partial charge on any atom is 0.179 e. The highest BCUT2D eigenvalue weighted by Crippen LogP contribution is 2.29. The molecule has 2 nitrogen and oxygen atoms in total. The van der Waals surface area contributed by atoms with Crippen LogP contribution in [0, 0.1) is 5.92 Å². The zero-order chi connectivity index (χ0) is 7.68. The Kier molecular flexibility index (Phi) is 2.23. The van der Waals surface area contributed by atoms with Crippen molar-refractivity contribution in [2.24, 2.45) is 5.92 Å². The van der Waals surface area contributed by atoms with Gasteiger partial charge in [0.1, 0.15) is 5.82 Å². The van der Waals surface area contributed by atoms with Gasteiger partial charge in [0.05, 0.1) is 0 Å². The Hall–Kier alpha value is 0.0400. The lowest BCUT2D eigenvalue weighted by molar-refractivity contribution is 0.310. The highest BCUT2D eigenvalue weighted by Gasteiger charge is 2.19. The monoisotopic (exact) mass is 232 g/mol. The molecule has 0 saturated heterocycles. The van der Waals surface area contributed by atoms with E-state index in [1.807, 2.05) is 0 Å². The SMILES string of the molecule is Brc1nc(CC2CCC2)ns1. The second-order valence-electron chi connectivity index (χ2n) is 2.96. The Morgan fingerprint density at radius 1 is 1.55 bits per heavy atom. The van der Waals surface area contributed by atoms with Crippen molar-refractivity contribution >= 4 is 27.5 Å². The van der Waals surface area contributed by atoms with Gasteiger partial charge in [0, 0.05) is 6.42 Å². The third-order valence-corrected chi connectivity index (χ3v) is 3.29. The first-order valence-corrected chi connectivity index (χ1v) is 5.39. The van der Waals surface area contributed by atoms with E-state index in [1.54, 1.807) is 0 Å². The van der Waals surface area contributed by atoms with Gasteiger partial charge >= 0.3 is 0 Å². The molecule has 1 aliphatic rings. The molecule has 1 aromatic heterocycles. The molecule has 0 amide bonds. The first kappa shape index (κ1) is 7.68. The van der Waals surface area contributed by atoms with Crippen molar-refractivity contribution in [1.29, 1.82) is 0 Å². The zero-order valence-corrected chi connectivity index (χ0v) is 8.49. The van der Waals surface area contributed by atoms with Crippen LogP contribution in [0.15, 0.2) is 3.92 Å². The van der Waals surface area contributed by atoms with Crippen molar-refractivity contribution in [2.45, 2.75) is 25.7 Å². The van der Waals surface area contributed by atoms with Crippen molar-refractivity contribution in [3.05, 3.63) is 9.74 Å². The molecule has 1 aliphatic carbocycles. The smallest absolute Gasteiger partial charge is 0.179 e. The summed E-state index contributed by atoms with van der Waals surface area (Å²) in [6, 6.07) is 0. The number of hydrogen-bond donors (Lipinski definition) is 0. The molecule has 0 aromatic carbocycles. The Bertz CT molecular complexity index is 244. The topological polar surface area (TPSA) is 25.8 Å². The second-order valence-corrected chi connectivity index (χ2v) is 4.99. The lowest BCUT2D eigenvalue weighted by Crippen LogP contribution is -2.14. The van der Waals surface area contributed by atoms with Crippen LogP contribution in [-0.2, 0) is 6.42 Å². The van der Waals surface area contributed by atoms with E-state index in [0.29, 0.717) is 0 Å². The van der Waals surface area contributed by atoms with Crippen molar-refractivity contribution in [2.75, 3.05) is 0 Å². The van der Waals surface area contributed by atoms with Gasteiger partial charge < -0.3 is 0 Å². The predicted molar refractivity (Wildman–Crippen MR) is 48.7 cm³/mol. The summed E-state index contributed by atoms with van der Waals surface area (Å²) in [5.74, 6) is 1.89. The molecule has 0 atom stereocenters. The molecular weight excluding hydrogens is 224 g/mol. The molecular formula is C7H9BrN2S. The van der Waals surface area contributed by atoms with E-state index in [2.05, 4.69) is 25.3 Å². The molecule has 1 aromatic rings. The molecule has 1 saturated carbocycles. The van der Waals surface area contributed by atoms with Crippen LogP contribution in [0.25, 0.3) is 0 Å². The Morgan fingerprint density at radius 3 is 2.82 bits per heavy atom. The summed E-state index contributed by atoms with van der Waals surface area (Å²) in [7, 11) is 0. The molecule has 1 fully saturated rings. The Morgan fingerprint density at radius 2 is 2.36 bits per heavy atom. The summed E-state index contributed by atoms with van der Waals surface area (Å²) < 4.78 is 5.13. The van der Waals surface area contributed by atoms with Gasteiger partial charge in [-0.2, -0.15) is 4.37 Å². The molecule has 11 heavy (non-hydrogen) atoms. The van der Waals surface area contributed by atoms with E-state index in [-0.39, 0.29) is 0 Å². The van der Waals surface area contributed by atoms with Crippen molar-refractivity contribution < 1.29 is 0 Å². The Labute approximate surface area is 78.3 Å². The van der Waals surface area contributed by atoms with Gasteiger partial charge in [-0.3, -0.25) is 0 Å². The molecule has 0 unspecified atom stereocenters. The van der Waals surface area contributed by atoms with E-state index in [9.17, 15) is 0 Å². The van der Waals surface area contributed by atoms with Crippen LogP contribution in [0.1, 0.15) is 25.1 Å². The highest BCUT2D eigenvalue weighted by atomic mass is 79.9. The van der Waals surface area contributed by atoms with Crippen LogP contribution in [0.3, 0.4) is 0 Å². The summed E-state index contributed by atoms with van der Waals surface area (Å²) >= 11 is 4.74. The molecule has 0 bridgehead atoms. The van der Waals surface area contributed by atoms with Crippen LogP contribution in [0.2, 0.25) is 0 Å². The van der Waals surface area contributed by atoms with Crippen molar-refractivity contribution in [1.82, 2.24) is 9.36 Å². The van der Waals surface area contributed by atoms with E-state index >= 15 is 0 Å². The predicted octanol–water partition coefficient (Wildman–Crippen LogP) is 2.64. The van der Waals surface area contributed by atoms with Gasteiger partial charge in [-0.05, 0) is 33.4 Å². The fourth-order valence-electron chi connectivity index (χ4n) is 1.27. The van der Waals surface area contributed by atoms with Gasteiger partial charge in [-0.15, -0.1) is 0 Å². The zero-order valence-electron chi connectivity index (χ0n) is 6.09. The summed E-state index contributed by atoms with van der Waals surface area (Å²) in [6.45, 7) is 0. The molecule has 0 N–H and O–H groups in total. The minimum absolute atomic E-state index is 0.872. The number of aromatic nitrogens is 2.